The van der Waals surface area contributed by atoms with Crippen LogP contribution in [0.1, 0.15) is 38.2 Å². The van der Waals surface area contributed by atoms with Gasteiger partial charge in [-0.3, -0.25) is 9.69 Å². The van der Waals surface area contributed by atoms with E-state index in [0.29, 0.717) is 19.5 Å². The van der Waals surface area contributed by atoms with Crippen LogP contribution in [0.3, 0.4) is 0 Å². The van der Waals surface area contributed by atoms with E-state index < -0.39 is 0 Å². The number of anilines is 2. The molecular formula is C18H26N4O2. The lowest BCUT2D eigenvalue weighted by molar-refractivity contribution is -0.117. The Morgan fingerprint density at radius 2 is 2.17 bits per heavy atom. The number of urea groups is 1. The van der Waals surface area contributed by atoms with Gasteiger partial charge >= 0.3 is 6.03 Å². The van der Waals surface area contributed by atoms with Gasteiger partial charge in [0.2, 0.25) is 5.91 Å². The largest absolute Gasteiger partial charge is 0.338 e. The highest BCUT2D eigenvalue weighted by molar-refractivity contribution is 5.96. The molecule has 3 rings (SSSR count). The number of hydrogen-bond acceptors (Lipinski definition) is 3. The van der Waals surface area contributed by atoms with Crippen molar-refractivity contribution in [1.29, 1.82) is 0 Å². The third kappa shape index (κ3) is 3.53. The van der Waals surface area contributed by atoms with Gasteiger partial charge in [0.25, 0.3) is 0 Å². The molecule has 1 fully saturated rings. The van der Waals surface area contributed by atoms with Crippen molar-refractivity contribution >= 4 is 23.3 Å². The third-order valence-electron chi connectivity index (χ3n) is 5.00. The van der Waals surface area contributed by atoms with Crippen molar-refractivity contribution in [1.82, 2.24) is 5.32 Å². The molecule has 6 nitrogen and oxygen atoms in total. The van der Waals surface area contributed by atoms with Gasteiger partial charge in [-0.15, -0.1) is 0 Å². The molecule has 0 spiro atoms. The van der Waals surface area contributed by atoms with Crippen LogP contribution >= 0.6 is 0 Å². The first kappa shape index (κ1) is 16.8. The number of nitrogens with one attached hydrogen (secondary N) is 2. The second-order valence-electron chi connectivity index (χ2n) is 6.69. The number of hydrogen-bond donors (Lipinski definition) is 3. The minimum atomic E-state index is -0.0864. The first-order valence-corrected chi connectivity index (χ1v) is 8.82. The number of carbonyl (C=O) groups excluding carboxylic acids is 2. The van der Waals surface area contributed by atoms with Gasteiger partial charge < -0.3 is 16.4 Å². The van der Waals surface area contributed by atoms with Gasteiger partial charge in [-0.1, -0.05) is 12.5 Å². The summed E-state index contributed by atoms with van der Waals surface area (Å²) in [6.45, 7) is 3.18. The lowest BCUT2D eigenvalue weighted by atomic mass is 10.00. The zero-order chi connectivity index (χ0) is 17.1. The highest BCUT2D eigenvalue weighted by Gasteiger charge is 2.27. The maximum Gasteiger partial charge on any atom is 0.321 e. The molecule has 3 amide bonds. The van der Waals surface area contributed by atoms with E-state index in [1.54, 1.807) is 4.90 Å². The molecule has 2 atom stereocenters. The molecule has 0 aromatic heterocycles. The lowest BCUT2D eigenvalue weighted by Crippen LogP contribution is -2.38. The third-order valence-corrected chi connectivity index (χ3v) is 5.00. The Kier molecular flexibility index (Phi) is 5.04. The topological polar surface area (TPSA) is 87.5 Å². The van der Waals surface area contributed by atoms with Crippen molar-refractivity contribution in [3.63, 3.8) is 0 Å². The van der Waals surface area contributed by atoms with Crippen LogP contribution in [0, 0.1) is 5.92 Å². The molecule has 1 aliphatic heterocycles. The van der Waals surface area contributed by atoms with Gasteiger partial charge in [0.1, 0.15) is 0 Å². The predicted octanol–water partition coefficient (Wildman–Crippen LogP) is 2.23. The summed E-state index contributed by atoms with van der Waals surface area (Å²) in [5.74, 6) is 0.283. The van der Waals surface area contributed by atoms with Gasteiger partial charge in [0, 0.05) is 31.2 Å². The molecule has 130 valence electrons. The van der Waals surface area contributed by atoms with E-state index in [-0.39, 0.29) is 23.9 Å². The minimum absolute atomic E-state index is 0.000133. The van der Waals surface area contributed by atoms with Crippen LogP contribution in [-0.4, -0.2) is 31.1 Å². The molecule has 24 heavy (non-hydrogen) atoms. The maximum atomic E-state index is 12.3. The number of carbonyl (C=O) groups is 2. The van der Waals surface area contributed by atoms with Crippen LogP contribution in [0.25, 0.3) is 0 Å². The number of rotatable bonds is 4. The number of nitrogens with zero attached hydrogens (tertiary/aromatic N) is 1. The van der Waals surface area contributed by atoms with Crippen LogP contribution in [0.15, 0.2) is 18.2 Å². The average molecular weight is 330 g/mol. The highest BCUT2D eigenvalue weighted by Crippen LogP contribution is 2.31. The number of benzene rings is 1. The first-order valence-electron chi connectivity index (χ1n) is 8.82. The smallest absolute Gasteiger partial charge is 0.321 e. The fraction of sp³-hybridized carbons (Fsp3) is 0.556. The summed E-state index contributed by atoms with van der Waals surface area (Å²) in [6.07, 6.45) is 4.47. The van der Waals surface area contributed by atoms with Crippen LogP contribution in [0.4, 0.5) is 16.2 Å². The van der Waals surface area contributed by atoms with Gasteiger partial charge in [0.05, 0.1) is 5.69 Å². The van der Waals surface area contributed by atoms with E-state index >= 15 is 0 Å². The fourth-order valence-electron chi connectivity index (χ4n) is 3.68. The summed E-state index contributed by atoms with van der Waals surface area (Å²) in [5, 5.41) is 5.79. The van der Waals surface area contributed by atoms with Crippen molar-refractivity contribution in [2.45, 2.75) is 45.1 Å². The van der Waals surface area contributed by atoms with Crippen LogP contribution in [-0.2, 0) is 11.2 Å². The van der Waals surface area contributed by atoms with E-state index in [1.807, 2.05) is 25.1 Å². The Hall–Kier alpha value is -2.08. The summed E-state index contributed by atoms with van der Waals surface area (Å²) in [6, 6.07) is 5.85. The standard InChI is InChI=1S/C18H26N4O2/c1-2-20-18(24)22-9-8-12-6-7-14(11-16(12)22)21-17(23)10-13-4-3-5-15(13)19/h6-7,11,13,15H,2-5,8-10,19H2,1H3,(H,20,24)(H,21,23)/t13-,15+/m0/s1. The fourth-order valence-corrected chi connectivity index (χ4v) is 3.68. The number of nitrogens with two attached hydrogens (primary N) is 1. The normalized spacial score (nSPS) is 22.3. The Labute approximate surface area is 142 Å². The van der Waals surface area contributed by atoms with Gasteiger partial charge in [-0.05, 0) is 49.8 Å². The second-order valence-corrected chi connectivity index (χ2v) is 6.69. The van der Waals surface area contributed by atoms with Crippen molar-refractivity contribution in [3.05, 3.63) is 23.8 Å². The van der Waals surface area contributed by atoms with E-state index in [4.69, 9.17) is 5.73 Å². The SMILES string of the molecule is CCNC(=O)N1CCc2ccc(NC(=O)C[C@@H]3CCC[C@H]3N)cc21. The van der Waals surface area contributed by atoms with Gasteiger partial charge in [-0.2, -0.15) is 0 Å². The van der Waals surface area contributed by atoms with E-state index in [2.05, 4.69) is 10.6 Å². The predicted molar refractivity (Wildman–Crippen MR) is 95.1 cm³/mol. The molecule has 1 aliphatic carbocycles. The quantitative estimate of drug-likeness (QED) is 0.791. The van der Waals surface area contributed by atoms with Crippen LogP contribution in [0.2, 0.25) is 0 Å². The molecule has 0 bridgehead atoms. The average Bonchev–Trinajstić information content (AvgIpc) is 3.14. The second kappa shape index (κ2) is 7.21. The summed E-state index contributed by atoms with van der Waals surface area (Å²) >= 11 is 0. The lowest BCUT2D eigenvalue weighted by Gasteiger charge is -2.19. The summed E-state index contributed by atoms with van der Waals surface area (Å²) in [7, 11) is 0. The Morgan fingerprint density at radius 3 is 2.88 bits per heavy atom. The zero-order valence-electron chi connectivity index (χ0n) is 14.2. The zero-order valence-corrected chi connectivity index (χ0v) is 14.2. The van der Waals surface area contributed by atoms with Crippen molar-refractivity contribution in [3.8, 4) is 0 Å². The maximum absolute atomic E-state index is 12.3. The van der Waals surface area contributed by atoms with Crippen LogP contribution < -0.4 is 21.3 Å². The summed E-state index contributed by atoms with van der Waals surface area (Å²) in [5.41, 5.74) is 8.80. The van der Waals surface area contributed by atoms with Crippen LogP contribution in [0.5, 0.6) is 0 Å². The molecular weight excluding hydrogens is 304 g/mol. The van der Waals surface area contributed by atoms with Gasteiger partial charge in [0.15, 0.2) is 0 Å². The van der Waals surface area contributed by atoms with E-state index in [0.717, 1.165) is 42.6 Å². The number of fused-ring (bicyclic) bond motifs is 1. The minimum Gasteiger partial charge on any atom is -0.338 e. The summed E-state index contributed by atoms with van der Waals surface area (Å²) in [4.78, 5) is 26.1. The Bertz CT molecular complexity index is 631. The molecule has 2 aliphatic rings. The molecule has 1 heterocycles. The molecule has 1 aromatic rings. The highest BCUT2D eigenvalue weighted by atomic mass is 16.2. The van der Waals surface area contributed by atoms with E-state index in [1.165, 1.54) is 0 Å². The van der Waals surface area contributed by atoms with E-state index in [9.17, 15) is 9.59 Å². The molecule has 1 saturated carbocycles. The Balaban J connectivity index is 1.66. The van der Waals surface area contributed by atoms with Crippen molar-refractivity contribution in [2.75, 3.05) is 23.3 Å². The molecule has 0 unspecified atom stereocenters. The van der Waals surface area contributed by atoms with Crippen molar-refractivity contribution in [2.24, 2.45) is 11.7 Å². The number of amides is 3. The molecule has 4 N–H and O–H groups in total. The van der Waals surface area contributed by atoms with Gasteiger partial charge in [-0.25, -0.2) is 4.79 Å². The van der Waals surface area contributed by atoms with Crippen molar-refractivity contribution < 1.29 is 9.59 Å². The molecule has 1 aromatic carbocycles. The monoisotopic (exact) mass is 330 g/mol. The molecule has 6 heteroatoms. The molecule has 0 saturated heterocycles. The summed E-state index contributed by atoms with van der Waals surface area (Å²) < 4.78 is 0. The molecule has 0 radical (unpaired) electrons. The Morgan fingerprint density at radius 1 is 1.33 bits per heavy atom. The first-order chi connectivity index (χ1) is 11.6.